The second kappa shape index (κ2) is 5.27. The van der Waals surface area contributed by atoms with Crippen molar-refractivity contribution in [2.24, 2.45) is 0 Å². The normalized spacial score (nSPS) is 18.0. The Morgan fingerprint density at radius 2 is 0.857 bits per heavy atom. The summed E-state index contributed by atoms with van der Waals surface area (Å²) in [7, 11) is 0.427. The third-order valence-corrected chi connectivity index (χ3v) is 14.4. The van der Waals surface area contributed by atoms with E-state index in [0.717, 1.165) is 0 Å². The average Bonchev–Trinajstić information content (AvgIpc) is 1.94. The van der Waals surface area contributed by atoms with Crippen LogP contribution < -0.4 is 0 Å². The second-order valence-electron chi connectivity index (χ2n) is 5.77. The van der Waals surface area contributed by atoms with Crippen molar-refractivity contribution in [2.45, 2.75) is 65.7 Å². The van der Waals surface area contributed by atoms with Gasteiger partial charge in [0, 0.05) is 0 Å². The van der Waals surface area contributed by atoms with Crippen LogP contribution in [0.3, 0.4) is 0 Å². The quantitative estimate of drug-likeness (QED) is 0.565. The van der Waals surface area contributed by atoms with Gasteiger partial charge in [-0.3, -0.25) is 0 Å². The van der Waals surface area contributed by atoms with Crippen molar-refractivity contribution in [3.05, 3.63) is 0 Å². The maximum atomic E-state index is 2.43. The first-order valence-corrected chi connectivity index (χ1v) is 9.45. The summed E-state index contributed by atoms with van der Waals surface area (Å²) in [5, 5.41) is 1.08. The van der Waals surface area contributed by atoms with Crippen molar-refractivity contribution in [3.8, 4) is 0 Å². The van der Waals surface area contributed by atoms with Crippen molar-refractivity contribution in [2.75, 3.05) is 12.3 Å². The molecule has 0 aliphatic heterocycles. The molecule has 86 valence electrons. The van der Waals surface area contributed by atoms with Gasteiger partial charge in [0.1, 0.15) is 0 Å². The Balaban J connectivity index is 4.81. The fourth-order valence-electron chi connectivity index (χ4n) is 2.01. The summed E-state index contributed by atoms with van der Waals surface area (Å²) in [6, 6.07) is 0. The van der Waals surface area contributed by atoms with E-state index in [1.807, 2.05) is 0 Å². The maximum absolute atomic E-state index is 2.43. The number of hydrogen-bond acceptors (Lipinski definition) is 0. The van der Waals surface area contributed by atoms with E-state index < -0.39 is 0 Å². The lowest BCUT2D eigenvalue weighted by molar-refractivity contribution is 0.773. The topological polar surface area (TPSA) is 0 Å². The minimum absolute atomic E-state index is 0.214. The summed E-state index contributed by atoms with van der Waals surface area (Å²) in [6.45, 7) is 19.3. The van der Waals surface area contributed by atoms with E-state index in [-0.39, 0.29) is 15.2 Å². The Kier molecular flexibility index (Phi) is 5.59. The van der Waals surface area contributed by atoms with E-state index in [1.54, 1.807) is 0 Å². The van der Waals surface area contributed by atoms with E-state index >= 15 is 0 Å². The molecule has 0 saturated heterocycles. The van der Waals surface area contributed by atoms with Crippen molar-refractivity contribution in [3.63, 3.8) is 0 Å². The largest absolute Gasteiger partial charge is 0.0752 e. The van der Waals surface area contributed by atoms with Gasteiger partial charge in [-0.1, -0.05) is 70.6 Å². The van der Waals surface area contributed by atoms with Gasteiger partial charge in [0.15, 0.2) is 0 Å². The molecule has 0 aromatic carbocycles. The molecule has 0 heterocycles. The summed E-state index contributed by atoms with van der Waals surface area (Å²) in [5.41, 5.74) is 0. The SMILES string of the molecule is CCP(P(CC)C(C)(C)C)C(C)(C)C. The molecule has 2 unspecified atom stereocenters. The molecule has 0 bridgehead atoms. The van der Waals surface area contributed by atoms with Gasteiger partial charge < -0.3 is 0 Å². The molecule has 0 rings (SSSR count). The Bertz CT molecular complexity index is 142. The molecule has 0 saturated carbocycles. The lowest BCUT2D eigenvalue weighted by atomic mass is 10.3. The molecule has 14 heavy (non-hydrogen) atoms. The van der Waals surface area contributed by atoms with Gasteiger partial charge in [-0.25, -0.2) is 0 Å². The summed E-state index contributed by atoms with van der Waals surface area (Å²) in [5.74, 6) is 0. The van der Waals surface area contributed by atoms with Crippen LogP contribution in [0.4, 0.5) is 0 Å². The fourth-order valence-corrected chi connectivity index (χ4v) is 12.4. The Hall–Kier alpha value is 0.860. The zero-order valence-corrected chi connectivity index (χ0v) is 13.1. The molecule has 2 atom stereocenters. The number of rotatable bonds is 3. The van der Waals surface area contributed by atoms with Crippen LogP contribution in [0.25, 0.3) is 0 Å². The first-order valence-electron chi connectivity index (χ1n) is 5.69. The zero-order chi connectivity index (χ0) is 11.6. The highest BCUT2D eigenvalue weighted by Gasteiger charge is 2.35. The van der Waals surface area contributed by atoms with E-state index in [2.05, 4.69) is 55.4 Å². The molecule has 0 fully saturated rings. The Labute approximate surface area is 93.6 Å². The van der Waals surface area contributed by atoms with Gasteiger partial charge in [0.05, 0.1) is 0 Å². The average molecular weight is 234 g/mol. The molecule has 0 N–H and O–H groups in total. The van der Waals surface area contributed by atoms with Gasteiger partial charge in [0.2, 0.25) is 0 Å². The molecule has 0 nitrogen and oxygen atoms in total. The van der Waals surface area contributed by atoms with Gasteiger partial charge in [-0.2, -0.15) is 0 Å². The monoisotopic (exact) mass is 234 g/mol. The van der Waals surface area contributed by atoms with Crippen LogP contribution in [0, 0.1) is 0 Å². The van der Waals surface area contributed by atoms with Crippen LogP contribution in [0.15, 0.2) is 0 Å². The van der Waals surface area contributed by atoms with E-state index in [0.29, 0.717) is 10.3 Å². The molecule has 0 amide bonds. The number of hydrogen-bond donors (Lipinski definition) is 0. The van der Waals surface area contributed by atoms with Crippen molar-refractivity contribution < 1.29 is 0 Å². The highest BCUT2D eigenvalue weighted by Crippen LogP contribution is 2.79. The summed E-state index contributed by atoms with van der Waals surface area (Å²) in [4.78, 5) is 0. The van der Waals surface area contributed by atoms with E-state index in [1.165, 1.54) is 12.3 Å². The second-order valence-corrected chi connectivity index (χ2v) is 14.2. The smallest absolute Gasteiger partial charge is 0.0141 e. The van der Waals surface area contributed by atoms with Gasteiger partial charge in [-0.15, -0.1) is 0 Å². The van der Waals surface area contributed by atoms with Crippen LogP contribution in [0.1, 0.15) is 55.4 Å². The minimum atomic E-state index is 0.214. The standard InChI is InChI=1S/C12H28P2/c1-9-13(11(3,4)5)14(10-2)12(6,7)8/h9-10H2,1-8H3. The molecular formula is C12H28P2. The first-order chi connectivity index (χ1) is 6.14. The zero-order valence-electron chi connectivity index (χ0n) is 11.3. The molecule has 0 aromatic heterocycles. The fraction of sp³-hybridized carbons (Fsp3) is 1.00. The third kappa shape index (κ3) is 4.16. The Morgan fingerprint density at radius 3 is 0.929 bits per heavy atom. The van der Waals surface area contributed by atoms with Crippen molar-refractivity contribution in [1.82, 2.24) is 0 Å². The molecule has 0 aliphatic carbocycles. The van der Waals surface area contributed by atoms with Crippen LogP contribution in [0.5, 0.6) is 0 Å². The molecule has 2 heteroatoms. The highest BCUT2D eigenvalue weighted by molar-refractivity contribution is 8.31. The van der Waals surface area contributed by atoms with Gasteiger partial charge in [0.25, 0.3) is 0 Å². The Morgan fingerprint density at radius 1 is 0.643 bits per heavy atom. The lowest BCUT2D eigenvalue weighted by Gasteiger charge is -2.44. The van der Waals surface area contributed by atoms with Crippen LogP contribution in [-0.2, 0) is 0 Å². The van der Waals surface area contributed by atoms with Crippen molar-refractivity contribution >= 4 is 15.2 Å². The van der Waals surface area contributed by atoms with Gasteiger partial charge in [-0.05, 0) is 22.6 Å². The minimum Gasteiger partial charge on any atom is -0.0752 e. The summed E-state index contributed by atoms with van der Waals surface area (Å²) < 4.78 is 0. The van der Waals surface area contributed by atoms with Crippen molar-refractivity contribution in [1.29, 1.82) is 0 Å². The van der Waals surface area contributed by atoms with Crippen LogP contribution in [-0.4, -0.2) is 22.6 Å². The third-order valence-electron chi connectivity index (χ3n) is 2.44. The predicted octanol–water partition coefficient (Wildman–Crippen LogP) is 5.50. The summed E-state index contributed by atoms with van der Waals surface area (Å²) in [6.07, 6.45) is 2.80. The summed E-state index contributed by atoms with van der Waals surface area (Å²) >= 11 is 0. The molecule has 0 aliphatic rings. The first kappa shape index (κ1) is 14.9. The molecule has 0 radical (unpaired) electrons. The van der Waals surface area contributed by atoms with E-state index in [9.17, 15) is 0 Å². The maximum Gasteiger partial charge on any atom is -0.0141 e. The highest BCUT2D eigenvalue weighted by atomic mass is 32.1. The van der Waals surface area contributed by atoms with Crippen LogP contribution in [0.2, 0.25) is 0 Å². The lowest BCUT2D eigenvalue weighted by Crippen LogP contribution is -2.19. The molecule has 0 aromatic rings. The molecular weight excluding hydrogens is 206 g/mol. The van der Waals surface area contributed by atoms with Gasteiger partial charge >= 0.3 is 0 Å². The van der Waals surface area contributed by atoms with Crippen LogP contribution >= 0.6 is 15.2 Å². The van der Waals surface area contributed by atoms with E-state index in [4.69, 9.17) is 0 Å². The predicted molar refractivity (Wildman–Crippen MR) is 74.4 cm³/mol. The molecule has 0 spiro atoms.